The molecule has 2 rings (SSSR count). The highest BCUT2D eigenvalue weighted by atomic mass is 16.6. The fourth-order valence-corrected chi connectivity index (χ4v) is 3.84. The molecule has 0 N–H and O–H groups in total. The molecule has 0 aromatic heterocycles. The summed E-state index contributed by atoms with van der Waals surface area (Å²) in [7, 11) is 0. The summed E-state index contributed by atoms with van der Waals surface area (Å²) < 4.78 is 5.59. The Bertz CT molecular complexity index is 422. The van der Waals surface area contributed by atoms with Gasteiger partial charge in [-0.25, -0.2) is 4.79 Å². The number of unbranched alkanes of at least 4 members (excludes halogenated alkanes) is 5. The van der Waals surface area contributed by atoms with Crippen molar-refractivity contribution in [1.82, 2.24) is 4.90 Å². The number of amides is 1. The van der Waals surface area contributed by atoms with Gasteiger partial charge < -0.3 is 4.74 Å². The van der Waals surface area contributed by atoms with Crippen molar-refractivity contribution in [2.45, 2.75) is 110 Å². The van der Waals surface area contributed by atoms with E-state index in [0.717, 1.165) is 19.3 Å². The Morgan fingerprint density at radius 1 is 1.17 bits per heavy atom. The fourth-order valence-electron chi connectivity index (χ4n) is 3.84. The standard InChI is InChI=1S/C20H35NO2/c1-5-6-7-8-9-10-11-16-14-17-12-13-18(15-16)21(17)19(22)23-20(2,3)4/h14,17-18H,5-13,15H2,1-4H3. The van der Waals surface area contributed by atoms with Gasteiger partial charge in [-0.05, 0) is 52.9 Å². The van der Waals surface area contributed by atoms with Crippen LogP contribution in [0.2, 0.25) is 0 Å². The summed E-state index contributed by atoms with van der Waals surface area (Å²) in [5.41, 5.74) is 1.17. The van der Waals surface area contributed by atoms with Crippen LogP contribution in [0.1, 0.15) is 91.9 Å². The van der Waals surface area contributed by atoms with Gasteiger partial charge in [-0.15, -0.1) is 0 Å². The van der Waals surface area contributed by atoms with E-state index in [1.165, 1.54) is 44.9 Å². The second kappa shape index (κ2) is 8.21. The normalized spacial score (nSPS) is 23.8. The van der Waals surface area contributed by atoms with Crippen LogP contribution in [0.3, 0.4) is 0 Å². The van der Waals surface area contributed by atoms with Crippen molar-refractivity contribution in [2.24, 2.45) is 0 Å². The van der Waals surface area contributed by atoms with Gasteiger partial charge in [0.15, 0.2) is 0 Å². The van der Waals surface area contributed by atoms with E-state index < -0.39 is 5.60 Å². The van der Waals surface area contributed by atoms with Crippen LogP contribution in [0.5, 0.6) is 0 Å². The van der Waals surface area contributed by atoms with Crippen LogP contribution in [0, 0.1) is 0 Å². The minimum absolute atomic E-state index is 0.125. The van der Waals surface area contributed by atoms with Crippen molar-refractivity contribution in [3.63, 3.8) is 0 Å². The minimum atomic E-state index is -0.404. The van der Waals surface area contributed by atoms with Crippen LogP contribution in [-0.2, 0) is 4.74 Å². The molecule has 0 aliphatic carbocycles. The smallest absolute Gasteiger partial charge is 0.411 e. The summed E-state index contributed by atoms with van der Waals surface area (Å²) >= 11 is 0. The van der Waals surface area contributed by atoms with Crippen molar-refractivity contribution in [3.05, 3.63) is 11.6 Å². The van der Waals surface area contributed by atoms with E-state index in [1.54, 1.807) is 5.57 Å². The summed E-state index contributed by atoms with van der Waals surface area (Å²) in [6.07, 6.45) is 14.8. The highest BCUT2D eigenvalue weighted by molar-refractivity contribution is 5.70. The fraction of sp³-hybridized carbons (Fsp3) is 0.850. The third-order valence-corrected chi connectivity index (χ3v) is 4.93. The third kappa shape index (κ3) is 5.54. The number of fused-ring (bicyclic) bond motifs is 2. The first-order valence-corrected chi connectivity index (χ1v) is 9.61. The van der Waals surface area contributed by atoms with Gasteiger partial charge in [0.05, 0.1) is 6.04 Å². The molecule has 132 valence electrons. The van der Waals surface area contributed by atoms with Crippen molar-refractivity contribution in [3.8, 4) is 0 Å². The molecule has 0 saturated carbocycles. The largest absolute Gasteiger partial charge is 0.444 e. The Labute approximate surface area is 142 Å². The number of hydrogen-bond donors (Lipinski definition) is 0. The molecule has 0 aromatic rings. The molecule has 3 heteroatoms. The van der Waals surface area contributed by atoms with Gasteiger partial charge in [0, 0.05) is 6.04 Å². The van der Waals surface area contributed by atoms with Crippen LogP contribution in [0.15, 0.2) is 11.6 Å². The van der Waals surface area contributed by atoms with E-state index >= 15 is 0 Å². The number of nitrogens with zero attached hydrogens (tertiary/aromatic N) is 1. The Balaban J connectivity index is 1.80. The lowest BCUT2D eigenvalue weighted by Gasteiger charge is -2.35. The Morgan fingerprint density at radius 2 is 1.87 bits per heavy atom. The molecule has 2 aliphatic rings. The first-order chi connectivity index (χ1) is 10.9. The summed E-state index contributed by atoms with van der Waals surface area (Å²) in [6.45, 7) is 8.09. The van der Waals surface area contributed by atoms with Crippen LogP contribution in [0.4, 0.5) is 4.79 Å². The summed E-state index contributed by atoms with van der Waals surface area (Å²) in [6, 6.07) is 0.647. The average Bonchev–Trinajstić information content (AvgIpc) is 2.72. The monoisotopic (exact) mass is 321 g/mol. The summed E-state index contributed by atoms with van der Waals surface area (Å²) in [5, 5.41) is 0. The first kappa shape index (κ1) is 18.4. The van der Waals surface area contributed by atoms with Gasteiger partial charge in [-0.3, -0.25) is 4.90 Å². The van der Waals surface area contributed by atoms with E-state index in [9.17, 15) is 4.79 Å². The van der Waals surface area contributed by atoms with E-state index in [2.05, 4.69) is 13.0 Å². The molecular formula is C20H35NO2. The van der Waals surface area contributed by atoms with Crippen molar-refractivity contribution in [1.29, 1.82) is 0 Å². The SMILES string of the molecule is CCCCCCCCC1=CC2CCC(C1)N2C(=O)OC(C)(C)C. The molecule has 1 fully saturated rings. The van der Waals surface area contributed by atoms with E-state index in [-0.39, 0.29) is 12.1 Å². The van der Waals surface area contributed by atoms with Crippen LogP contribution >= 0.6 is 0 Å². The number of ether oxygens (including phenoxy) is 1. The van der Waals surface area contributed by atoms with E-state index in [0.29, 0.717) is 6.04 Å². The molecule has 2 heterocycles. The lowest BCUT2D eigenvalue weighted by Crippen LogP contribution is -2.45. The molecule has 2 bridgehead atoms. The molecule has 23 heavy (non-hydrogen) atoms. The van der Waals surface area contributed by atoms with Crippen molar-refractivity contribution < 1.29 is 9.53 Å². The topological polar surface area (TPSA) is 29.5 Å². The van der Waals surface area contributed by atoms with Gasteiger partial charge in [0.25, 0.3) is 0 Å². The number of carbonyl (C=O) groups excluding carboxylic acids is 1. The second-order valence-electron chi connectivity index (χ2n) is 8.23. The highest BCUT2D eigenvalue weighted by Crippen LogP contribution is 2.37. The maximum atomic E-state index is 12.4. The molecule has 3 nitrogen and oxygen atoms in total. The summed E-state index contributed by atoms with van der Waals surface area (Å²) in [5.74, 6) is 0. The Kier molecular flexibility index (Phi) is 6.55. The molecular weight excluding hydrogens is 286 g/mol. The second-order valence-corrected chi connectivity index (χ2v) is 8.23. The van der Waals surface area contributed by atoms with Crippen molar-refractivity contribution >= 4 is 6.09 Å². The quantitative estimate of drug-likeness (QED) is 0.436. The third-order valence-electron chi connectivity index (χ3n) is 4.93. The first-order valence-electron chi connectivity index (χ1n) is 9.61. The lowest BCUT2D eigenvalue weighted by atomic mass is 9.96. The zero-order chi connectivity index (χ0) is 16.9. The predicted molar refractivity (Wildman–Crippen MR) is 95.6 cm³/mol. The maximum absolute atomic E-state index is 12.4. The van der Waals surface area contributed by atoms with E-state index in [1.807, 2.05) is 25.7 Å². The number of hydrogen-bond acceptors (Lipinski definition) is 2. The highest BCUT2D eigenvalue weighted by Gasteiger charge is 2.41. The van der Waals surface area contributed by atoms with Gasteiger partial charge in [0.1, 0.15) is 5.60 Å². The van der Waals surface area contributed by atoms with Crippen molar-refractivity contribution in [2.75, 3.05) is 0 Å². The van der Waals surface area contributed by atoms with Crippen LogP contribution in [-0.4, -0.2) is 28.7 Å². The molecule has 2 unspecified atom stereocenters. The Morgan fingerprint density at radius 3 is 2.52 bits per heavy atom. The average molecular weight is 322 g/mol. The van der Waals surface area contributed by atoms with Crippen LogP contribution in [0.25, 0.3) is 0 Å². The predicted octanol–water partition coefficient (Wildman–Crippen LogP) is 5.84. The molecule has 0 radical (unpaired) electrons. The van der Waals surface area contributed by atoms with Gasteiger partial charge in [-0.2, -0.15) is 0 Å². The zero-order valence-corrected chi connectivity index (χ0v) is 15.6. The van der Waals surface area contributed by atoms with Gasteiger partial charge >= 0.3 is 6.09 Å². The minimum Gasteiger partial charge on any atom is -0.444 e. The van der Waals surface area contributed by atoms with Crippen LogP contribution < -0.4 is 0 Å². The van der Waals surface area contributed by atoms with Gasteiger partial charge in [0.2, 0.25) is 0 Å². The molecule has 0 aromatic carbocycles. The maximum Gasteiger partial charge on any atom is 0.411 e. The molecule has 2 atom stereocenters. The Hall–Kier alpha value is -0.990. The van der Waals surface area contributed by atoms with E-state index in [4.69, 9.17) is 4.74 Å². The summed E-state index contributed by atoms with van der Waals surface area (Å²) in [4.78, 5) is 14.4. The molecule has 1 saturated heterocycles. The molecule has 0 spiro atoms. The lowest BCUT2D eigenvalue weighted by molar-refractivity contribution is 0.0166. The number of rotatable bonds is 7. The molecule has 2 aliphatic heterocycles. The molecule has 1 amide bonds. The zero-order valence-electron chi connectivity index (χ0n) is 15.6. The number of carbonyl (C=O) groups is 1. The van der Waals surface area contributed by atoms with Gasteiger partial charge in [-0.1, -0.05) is 50.7 Å².